The van der Waals surface area contributed by atoms with Crippen molar-refractivity contribution in [2.24, 2.45) is 0 Å². The summed E-state index contributed by atoms with van der Waals surface area (Å²) in [5.41, 5.74) is 2.39. The molecule has 2 heterocycles. The molecule has 0 bridgehead atoms. The monoisotopic (exact) mass is 174 g/mol. The normalized spacial score (nSPS) is 13.4. The van der Waals surface area contributed by atoms with E-state index in [1.165, 1.54) is 17.4 Å². The van der Waals surface area contributed by atoms with E-state index in [2.05, 4.69) is 35.9 Å². The summed E-state index contributed by atoms with van der Waals surface area (Å²) in [4.78, 5) is 7.39. The Morgan fingerprint density at radius 1 is 1.46 bits per heavy atom. The maximum atomic E-state index is 4.26. The zero-order chi connectivity index (χ0) is 9.26. The predicted octanol–water partition coefficient (Wildman–Crippen LogP) is 3.08. The summed E-state index contributed by atoms with van der Waals surface area (Å²) in [7, 11) is 0. The predicted molar refractivity (Wildman–Crippen MR) is 54.8 cm³/mol. The minimum Gasteiger partial charge on any atom is -0.346 e. The minimum absolute atomic E-state index is 0.612. The van der Waals surface area contributed by atoms with Crippen LogP contribution in [0.3, 0.4) is 0 Å². The van der Waals surface area contributed by atoms with E-state index in [0.717, 1.165) is 5.65 Å². The molecule has 13 heavy (non-hydrogen) atoms. The molecular weight excluding hydrogens is 160 g/mol. The van der Waals surface area contributed by atoms with E-state index >= 15 is 0 Å². The van der Waals surface area contributed by atoms with Gasteiger partial charge in [0, 0.05) is 17.8 Å². The molecule has 0 radical (unpaired) electrons. The zero-order valence-corrected chi connectivity index (χ0v) is 8.04. The molecule has 0 spiro atoms. The molecule has 1 N–H and O–H groups in total. The van der Waals surface area contributed by atoms with Gasteiger partial charge in [-0.25, -0.2) is 4.98 Å². The Bertz CT molecular complexity index is 403. The van der Waals surface area contributed by atoms with Crippen LogP contribution in [0.2, 0.25) is 0 Å². The lowest BCUT2D eigenvalue weighted by molar-refractivity contribution is 0.739. The molecule has 2 nitrogen and oxygen atoms in total. The standard InChI is InChI=1S/C11H14N2/c1-3-8(2)9-4-6-12-11-10(9)5-7-13-11/h4-8H,3H2,1-2H3,(H,12,13). The van der Waals surface area contributed by atoms with Crippen molar-refractivity contribution in [1.29, 1.82) is 0 Å². The largest absolute Gasteiger partial charge is 0.346 e. The molecule has 2 rings (SSSR count). The molecule has 2 aromatic heterocycles. The summed E-state index contributed by atoms with van der Waals surface area (Å²) < 4.78 is 0. The molecule has 0 aliphatic rings. The van der Waals surface area contributed by atoms with E-state index in [1.54, 1.807) is 0 Å². The molecule has 0 aliphatic carbocycles. The van der Waals surface area contributed by atoms with Crippen LogP contribution in [-0.4, -0.2) is 9.97 Å². The summed E-state index contributed by atoms with van der Waals surface area (Å²) in [6, 6.07) is 4.22. The SMILES string of the molecule is CCC(C)c1ccnc2[nH]ccc12. The number of aromatic amines is 1. The van der Waals surface area contributed by atoms with Crippen LogP contribution in [0, 0.1) is 0 Å². The number of nitrogens with one attached hydrogen (secondary N) is 1. The molecule has 0 amide bonds. The van der Waals surface area contributed by atoms with Crippen molar-refractivity contribution in [3.8, 4) is 0 Å². The number of pyridine rings is 1. The van der Waals surface area contributed by atoms with Gasteiger partial charge in [0.15, 0.2) is 0 Å². The van der Waals surface area contributed by atoms with Crippen molar-refractivity contribution in [2.75, 3.05) is 0 Å². The Morgan fingerprint density at radius 2 is 2.31 bits per heavy atom. The van der Waals surface area contributed by atoms with Gasteiger partial charge in [0.2, 0.25) is 0 Å². The third-order valence-corrected chi connectivity index (χ3v) is 2.64. The van der Waals surface area contributed by atoms with Crippen molar-refractivity contribution in [3.05, 3.63) is 30.1 Å². The average Bonchev–Trinajstić information content (AvgIpc) is 2.63. The van der Waals surface area contributed by atoms with Gasteiger partial charge in [0.1, 0.15) is 5.65 Å². The lowest BCUT2D eigenvalue weighted by Gasteiger charge is -2.09. The number of fused-ring (bicyclic) bond motifs is 1. The highest BCUT2D eigenvalue weighted by atomic mass is 14.8. The van der Waals surface area contributed by atoms with Crippen molar-refractivity contribution in [1.82, 2.24) is 9.97 Å². The topological polar surface area (TPSA) is 28.7 Å². The van der Waals surface area contributed by atoms with Crippen LogP contribution in [0.5, 0.6) is 0 Å². The van der Waals surface area contributed by atoms with Crippen molar-refractivity contribution < 1.29 is 0 Å². The van der Waals surface area contributed by atoms with E-state index in [1.807, 2.05) is 12.4 Å². The zero-order valence-electron chi connectivity index (χ0n) is 8.04. The van der Waals surface area contributed by atoms with Gasteiger partial charge in [0.05, 0.1) is 0 Å². The minimum atomic E-state index is 0.612. The maximum absolute atomic E-state index is 4.26. The number of aromatic nitrogens is 2. The van der Waals surface area contributed by atoms with Crippen molar-refractivity contribution in [2.45, 2.75) is 26.2 Å². The second-order valence-corrected chi connectivity index (χ2v) is 3.45. The van der Waals surface area contributed by atoms with Crippen LogP contribution in [0.4, 0.5) is 0 Å². The third-order valence-electron chi connectivity index (χ3n) is 2.64. The molecule has 0 fully saturated rings. The Labute approximate surface area is 78.0 Å². The van der Waals surface area contributed by atoms with Gasteiger partial charge in [-0.3, -0.25) is 0 Å². The quantitative estimate of drug-likeness (QED) is 0.744. The van der Waals surface area contributed by atoms with Crippen molar-refractivity contribution >= 4 is 11.0 Å². The summed E-state index contributed by atoms with van der Waals surface area (Å²) in [5.74, 6) is 0.612. The molecule has 1 unspecified atom stereocenters. The summed E-state index contributed by atoms with van der Waals surface area (Å²) in [5, 5.41) is 1.26. The van der Waals surface area contributed by atoms with E-state index in [4.69, 9.17) is 0 Å². The molecule has 0 saturated carbocycles. The van der Waals surface area contributed by atoms with Gasteiger partial charge in [-0.05, 0) is 30.0 Å². The van der Waals surface area contributed by atoms with Crippen LogP contribution in [0.1, 0.15) is 31.7 Å². The van der Waals surface area contributed by atoms with Gasteiger partial charge < -0.3 is 4.98 Å². The second-order valence-electron chi connectivity index (χ2n) is 3.45. The lowest BCUT2D eigenvalue weighted by atomic mass is 9.97. The average molecular weight is 174 g/mol. The third kappa shape index (κ3) is 1.32. The first-order chi connectivity index (χ1) is 6.33. The summed E-state index contributed by atoms with van der Waals surface area (Å²) in [6.45, 7) is 4.46. The van der Waals surface area contributed by atoms with Gasteiger partial charge in [0.25, 0.3) is 0 Å². The van der Waals surface area contributed by atoms with Crippen molar-refractivity contribution in [3.63, 3.8) is 0 Å². The number of hydrogen-bond acceptors (Lipinski definition) is 1. The van der Waals surface area contributed by atoms with Crippen LogP contribution in [-0.2, 0) is 0 Å². The molecule has 1 atom stereocenters. The molecule has 2 heteroatoms. The fourth-order valence-electron chi connectivity index (χ4n) is 1.63. The van der Waals surface area contributed by atoms with Gasteiger partial charge in [-0.1, -0.05) is 13.8 Å². The highest BCUT2D eigenvalue weighted by molar-refractivity contribution is 5.79. The van der Waals surface area contributed by atoms with Crippen LogP contribution in [0.25, 0.3) is 11.0 Å². The molecule has 0 saturated heterocycles. The Balaban J connectivity index is 2.60. The number of rotatable bonds is 2. The Hall–Kier alpha value is -1.31. The van der Waals surface area contributed by atoms with Crippen LogP contribution in [0.15, 0.2) is 24.5 Å². The van der Waals surface area contributed by atoms with E-state index in [-0.39, 0.29) is 0 Å². The Kier molecular flexibility index (Phi) is 2.05. The van der Waals surface area contributed by atoms with Crippen LogP contribution >= 0.6 is 0 Å². The molecule has 0 aromatic carbocycles. The molecule has 2 aromatic rings. The first kappa shape index (κ1) is 8.30. The summed E-state index contributed by atoms with van der Waals surface area (Å²) >= 11 is 0. The fraction of sp³-hybridized carbons (Fsp3) is 0.364. The number of nitrogens with zero attached hydrogens (tertiary/aromatic N) is 1. The van der Waals surface area contributed by atoms with Gasteiger partial charge in [-0.15, -0.1) is 0 Å². The van der Waals surface area contributed by atoms with Gasteiger partial charge >= 0.3 is 0 Å². The van der Waals surface area contributed by atoms with Gasteiger partial charge in [-0.2, -0.15) is 0 Å². The number of H-pyrrole nitrogens is 1. The highest BCUT2D eigenvalue weighted by Gasteiger charge is 2.07. The summed E-state index contributed by atoms with van der Waals surface area (Å²) in [6.07, 6.45) is 4.99. The Morgan fingerprint density at radius 3 is 3.08 bits per heavy atom. The molecule has 68 valence electrons. The second kappa shape index (κ2) is 3.21. The first-order valence-corrected chi connectivity index (χ1v) is 4.75. The highest BCUT2D eigenvalue weighted by Crippen LogP contribution is 2.25. The maximum Gasteiger partial charge on any atom is 0.137 e. The lowest BCUT2D eigenvalue weighted by Crippen LogP contribution is -1.92. The number of hydrogen-bond donors (Lipinski definition) is 1. The molecule has 0 aliphatic heterocycles. The van der Waals surface area contributed by atoms with E-state index in [9.17, 15) is 0 Å². The molecular formula is C11H14N2. The first-order valence-electron chi connectivity index (χ1n) is 4.75. The van der Waals surface area contributed by atoms with E-state index < -0.39 is 0 Å². The smallest absolute Gasteiger partial charge is 0.137 e. The van der Waals surface area contributed by atoms with Crippen LogP contribution < -0.4 is 0 Å². The van der Waals surface area contributed by atoms with E-state index in [0.29, 0.717) is 5.92 Å². The fourth-order valence-corrected chi connectivity index (χ4v) is 1.63.